The minimum atomic E-state index is -0.445. The second kappa shape index (κ2) is 8.96. The number of aromatic amines is 1. The van der Waals surface area contributed by atoms with Crippen LogP contribution in [0.4, 0.5) is 0 Å². The van der Waals surface area contributed by atoms with Crippen LogP contribution in [0.1, 0.15) is 35.7 Å². The van der Waals surface area contributed by atoms with E-state index in [0.717, 1.165) is 10.9 Å². The summed E-state index contributed by atoms with van der Waals surface area (Å²) in [6.45, 7) is 4.90. The number of aromatic nitrogens is 1. The van der Waals surface area contributed by atoms with Crippen molar-refractivity contribution < 1.29 is 9.59 Å². The zero-order valence-corrected chi connectivity index (χ0v) is 18.1. The molecule has 1 aliphatic heterocycles. The standard InChI is InChI=1S/C24H27N3O2S/c1-16(2)19(17-8-4-3-5-9-17)12-26-23(28)22-14-30-15-27(22)24(29)20-13-25-21-11-7-6-10-18(20)21/h3-11,13,16,19,22,25H,12,14-15H2,1-2H3,(H,26,28). The van der Waals surface area contributed by atoms with E-state index in [9.17, 15) is 9.59 Å². The average Bonchev–Trinajstić information content (AvgIpc) is 3.41. The average molecular weight is 422 g/mol. The van der Waals surface area contributed by atoms with E-state index < -0.39 is 6.04 Å². The number of hydrogen-bond acceptors (Lipinski definition) is 3. The van der Waals surface area contributed by atoms with Gasteiger partial charge in [0.2, 0.25) is 5.91 Å². The zero-order valence-electron chi connectivity index (χ0n) is 17.3. The lowest BCUT2D eigenvalue weighted by atomic mass is 9.88. The van der Waals surface area contributed by atoms with Gasteiger partial charge in [0.15, 0.2) is 0 Å². The number of nitrogens with zero attached hydrogens (tertiary/aromatic N) is 1. The summed E-state index contributed by atoms with van der Waals surface area (Å²) in [7, 11) is 0. The van der Waals surface area contributed by atoms with Crippen LogP contribution in [-0.2, 0) is 4.79 Å². The molecular weight excluding hydrogens is 394 g/mol. The van der Waals surface area contributed by atoms with Gasteiger partial charge < -0.3 is 15.2 Å². The first-order valence-corrected chi connectivity index (χ1v) is 11.5. The maximum Gasteiger partial charge on any atom is 0.257 e. The van der Waals surface area contributed by atoms with E-state index in [1.807, 2.05) is 42.5 Å². The van der Waals surface area contributed by atoms with Crippen LogP contribution in [0.2, 0.25) is 0 Å². The van der Waals surface area contributed by atoms with E-state index in [2.05, 4.69) is 36.3 Å². The highest BCUT2D eigenvalue weighted by molar-refractivity contribution is 7.99. The van der Waals surface area contributed by atoms with Gasteiger partial charge in [0.05, 0.1) is 11.4 Å². The summed E-state index contributed by atoms with van der Waals surface area (Å²) in [5.74, 6) is 1.62. The third-order valence-electron chi connectivity index (χ3n) is 5.79. The van der Waals surface area contributed by atoms with Gasteiger partial charge >= 0.3 is 0 Å². The van der Waals surface area contributed by atoms with Crippen LogP contribution < -0.4 is 5.32 Å². The Morgan fingerprint density at radius 1 is 1.13 bits per heavy atom. The van der Waals surface area contributed by atoms with E-state index in [1.54, 1.807) is 22.9 Å². The van der Waals surface area contributed by atoms with Crippen molar-refractivity contribution >= 4 is 34.5 Å². The predicted octanol–water partition coefficient (Wildman–Crippen LogP) is 4.24. The lowest BCUT2D eigenvalue weighted by Crippen LogP contribution is -2.48. The topological polar surface area (TPSA) is 65.2 Å². The molecule has 2 N–H and O–H groups in total. The lowest BCUT2D eigenvalue weighted by Gasteiger charge is -2.26. The third kappa shape index (κ3) is 4.10. The fraction of sp³-hybridized carbons (Fsp3) is 0.333. The van der Waals surface area contributed by atoms with Crippen molar-refractivity contribution in [1.82, 2.24) is 15.2 Å². The SMILES string of the molecule is CC(C)C(CNC(=O)C1CSCN1C(=O)c1c[nH]c2ccccc12)c1ccccc1. The van der Waals surface area contributed by atoms with Crippen LogP contribution in [0.3, 0.4) is 0 Å². The molecule has 156 valence electrons. The molecule has 0 radical (unpaired) electrons. The van der Waals surface area contributed by atoms with Crippen molar-refractivity contribution in [1.29, 1.82) is 0 Å². The first kappa shape index (κ1) is 20.5. The molecular formula is C24H27N3O2S. The third-order valence-corrected chi connectivity index (χ3v) is 6.81. The van der Waals surface area contributed by atoms with Gasteiger partial charge in [0, 0.05) is 35.3 Å². The van der Waals surface area contributed by atoms with E-state index in [0.29, 0.717) is 29.7 Å². The number of thioether (sulfide) groups is 1. The highest BCUT2D eigenvalue weighted by atomic mass is 32.2. The fourth-order valence-corrected chi connectivity index (χ4v) is 5.18. The molecule has 3 aromatic rings. The second-order valence-electron chi connectivity index (χ2n) is 8.04. The van der Waals surface area contributed by atoms with Gasteiger partial charge in [0.25, 0.3) is 5.91 Å². The number of para-hydroxylation sites is 1. The Kier molecular flexibility index (Phi) is 6.13. The summed E-state index contributed by atoms with van der Waals surface area (Å²) in [5, 5.41) is 4.01. The number of carbonyl (C=O) groups is 2. The van der Waals surface area contributed by atoms with E-state index in [4.69, 9.17) is 0 Å². The highest BCUT2D eigenvalue weighted by Gasteiger charge is 2.36. The zero-order chi connectivity index (χ0) is 21.1. The van der Waals surface area contributed by atoms with Crippen molar-refractivity contribution in [2.24, 2.45) is 5.92 Å². The number of H-pyrrole nitrogens is 1. The van der Waals surface area contributed by atoms with Crippen LogP contribution in [0, 0.1) is 5.92 Å². The molecule has 1 saturated heterocycles. The second-order valence-corrected chi connectivity index (χ2v) is 9.04. The molecule has 30 heavy (non-hydrogen) atoms. The number of benzene rings is 2. The van der Waals surface area contributed by atoms with Gasteiger partial charge in [-0.1, -0.05) is 62.4 Å². The van der Waals surface area contributed by atoms with E-state index in [-0.39, 0.29) is 17.7 Å². The molecule has 0 saturated carbocycles. The number of hydrogen-bond donors (Lipinski definition) is 2. The number of fused-ring (bicyclic) bond motifs is 1. The summed E-state index contributed by atoms with van der Waals surface area (Å²) in [4.78, 5) is 31.1. The molecule has 2 amide bonds. The molecule has 2 atom stereocenters. The van der Waals surface area contributed by atoms with Gasteiger partial charge in [-0.15, -0.1) is 11.8 Å². The first-order chi connectivity index (χ1) is 14.6. The van der Waals surface area contributed by atoms with Crippen LogP contribution in [0.5, 0.6) is 0 Å². The first-order valence-electron chi connectivity index (χ1n) is 10.3. The van der Waals surface area contributed by atoms with Crippen molar-refractivity contribution in [3.63, 3.8) is 0 Å². The summed E-state index contributed by atoms with van der Waals surface area (Å²) < 4.78 is 0. The molecule has 1 aromatic heterocycles. The molecule has 0 spiro atoms. The van der Waals surface area contributed by atoms with Gasteiger partial charge in [-0.05, 0) is 17.5 Å². The van der Waals surface area contributed by atoms with Crippen molar-refractivity contribution in [2.75, 3.05) is 18.2 Å². The molecule has 2 aromatic carbocycles. The summed E-state index contributed by atoms with van der Waals surface area (Å²) in [6, 6.07) is 17.6. The minimum Gasteiger partial charge on any atom is -0.360 e. The maximum absolute atomic E-state index is 13.2. The smallest absolute Gasteiger partial charge is 0.257 e. The maximum atomic E-state index is 13.2. The van der Waals surface area contributed by atoms with Gasteiger partial charge in [-0.3, -0.25) is 9.59 Å². The molecule has 6 heteroatoms. The Labute approximate surface area is 181 Å². The highest BCUT2D eigenvalue weighted by Crippen LogP contribution is 2.27. The van der Waals surface area contributed by atoms with Crippen LogP contribution in [0.25, 0.3) is 10.9 Å². The Morgan fingerprint density at radius 2 is 1.87 bits per heavy atom. The molecule has 1 fully saturated rings. The van der Waals surface area contributed by atoms with E-state index in [1.165, 1.54) is 5.56 Å². The molecule has 2 unspecified atom stereocenters. The minimum absolute atomic E-state index is 0.0743. The predicted molar refractivity (Wildman–Crippen MR) is 123 cm³/mol. The lowest BCUT2D eigenvalue weighted by molar-refractivity contribution is -0.124. The Hall–Kier alpha value is -2.73. The van der Waals surface area contributed by atoms with Crippen molar-refractivity contribution in [3.8, 4) is 0 Å². The molecule has 2 heterocycles. The van der Waals surface area contributed by atoms with Gasteiger partial charge in [0.1, 0.15) is 6.04 Å². The Morgan fingerprint density at radius 3 is 2.63 bits per heavy atom. The van der Waals surface area contributed by atoms with E-state index >= 15 is 0 Å². The summed E-state index contributed by atoms with van der Waals surface area (Å²) in [5.41, 5.74) is 2.77. The molecule has 0 bridgehead atoms. The molecule has 4 rings (SSSR count). The van der Waals surface area contributed by atoms with Crippen LogP contribution in [0.15, 0.2) is 60.8 Å². The number of rotatable bonds is 6. The quantitative estimate of drug-likeness (QED) is 0.626. The Balaban J connectivity index is 1.46. The number of carbonyl (C=O) groups excluding carboxylic acids is 2. The van der Waals surface area contributed by atoms with Crippen molar-refractivity contribution in [2.45, 2.75) is 25.8 Å². The molecule has 5 nitrogen and oxygen atoms in total. The Bertz CT molecular complexity index is 1030. The fourth-order valence-electron chi connectivity index (χ4n) is 4.03. The van der Waals surface area contributed by atoms with Crippen LogP contribution >= 0.6 is 11.8 Å². The number of amides is 2. The summed E-state index contributed by atoms with van der Waals surface area (Å²) in [6.07, 6.45) is 1.75. The largest absolute Gasteiger partial charge is 0.360 e. The monoisotopic (exact) mass is 421 g/mol. The molecule has 0 aliphatic carbocycles. The van der Waals surface area contributed by atoms with Gasteiger partial charge in [-0.2, -0.15) is 0 Å². The number of nitrogens with one attached hydrogen (secondary N) is 2. The van der Waals surface area contributed by atoms with Crippen LogP contribution in [-0.4, -0.2) is 45.9 Å². The normalized spacial score (nSPS) is 17.4. The molecule has 1 aliphatic rings. The van der Waals surface area contributed by atoms with Gasteiger partial charge in [-0.25, -0.2) is 0 Å². The summed E-state index contributed by atoms with van der Waals surface area (Å²) >= 11 is 1.62. The van der Waals surface area contributed by atoms with Crippen molar-refractivity contribution in [3.05, 3.63) is 71.9 Å².